The van der Waals surface area contributed by atoms with E-state index in [-0.39, 0.29) is 17.2 Å². The molecule has 0 aliphatic carbocycles. The largest absolute Gasteiger partial charge is 0.476 e. The highest BCUT2D eigenvalue weighted by Gasteiger charge is 2.35. The number of hydrogen-bond acceptors (Lipinski definition) is 6. The first-order chi connectivity index (χ1) is 17.6. The molecule has 1 atom stereocenters. The van der Waals surface area contributed by atoms with Crippen LogP contribution in [0.5, 0.6) is 5.75 Å². The molecule has 1 aliphatic rings. The van der Waals surface area contributed by atoms with E-state index in [9.17, 15) is 21.6 Å². The zero-order valence-corrected chi connectivity index (χ0v) is 21.3. The molecule has 37 heavy (non-hydrogen) atoms. The molecule has 0 saturated carbocycles. The molecule has 1 aliphatic heterocycles. The van der Waals surface area contributed by atoms with Gasteiger partial charge in [0.2, 0.25) is 10.0 Å². The van der Waals surface area contributed by atoms with E-state index in [2.05, 4.69) is 10.0 Å². The molecule has 0 spiro atoms. The summed E-state index contributed by atoms with van der Waals surface area (Å²) in [7, 11) is -7.53. The number of carbonyl (C=O) groups excluding carboxylic acids is 1. The Bertz CT molecular complexity index is 1700. The molecule has 5 rings (SSSR count). The van der Waals surface area contributed by atoms with Gasteiger partial charge in [0.05, 0.1) is 29.1 Å². The zero-order chi connectivity index (χ0) is 26.2. The van der Waals surface area contributed by atoms with Crippen LogP contribution < -0.4 is 19.1 Å². The van der Waals surface area contributed by atoms with Crippen molar-refractivity contribution in [2.75, 3.05) is 27.1 Å². The molecule has 190 valence electrons. The van der Waals surface area contributed by atoms with Crippen molar-refractivity contribution in [1.29, 1.82) is 0 Å². The van der Waals surface area contributed by atoms with Gasteiger partial charge in [-0.2, -0.15) is 0 Å². The molecule has 0 unspecified atom stereocenters. The Hall–Kier alpha value is -4.09. The molecule has 4 aromatic rings. The Kier molecular flexibility index (Phi) is 6.26. The number of ether oxygens (including phenoxy) is 1. The summed E-state index contributed by atoms with van der Waals surface area (Å²) >= 11 is 0. The molecule has 0 aromatic heterocycles. The lowest BCUT2D eigenvalue weighted by atomic mass is 10.1. The Morgan fingerprint density at radius 2 is 1.54 bits per heavy atom. The highest BCUT2D eigenvalue weighted by Crippen LogP contribution is 2.35. The third-order valence-corrected chi connectivity index (χ3v) is 8.42. The number of hydrogen-bond donors (Lipinski definition) is 2. The van der Waals surface area contributed by atoms with Crippen LogP contribution in [0, 0.1) is 0 Å². The molecule has 9 nitrogen and oxygen atoms in total. The van der Waals surface area contributed by atoms with Gasteiger partial charge in [0.15, 0.2) is 6.10 Å². The average Bonchev–Trinajstić information content (AvgIpc) is 2.88. The minimum atomic E-state index is -3.89. The molecular weight excluding hydrogens is 514 g/mol. The number of carbonyl (C=O) groups is 1. The lowest BCUT2D eigenvalue weighted by Gasteiger charge is -2.33. The molecule has 0 bridgehead atoms. The van der Waals surface area contributed by atoms with Crippen molar-refractivity contribution in [2.24, 2.45) is 0 Å². The number of fused-ring (bicyclic) bond motifs is 2. The fourth-order valence-corrected chi connectivity index (χ4v) is 6.11. The van der Waals surface area contributed by atoms with Gasteiger partial charge in [0.1, 0.15) is 5.75 Å². The summed E-state index contributed by atoms with van der Waals surface area (Å²) in [6.07, 6.45) is -0.0312. The summed E-state index contributed by atoms with van der Waals surface area (Å²) in [6, 6.07) is 25.1. The highest BCUT2D eigenvalue weighted by molar-refractivity contribution is 7.92. The minimum Gasteiger partial charge on any atom is -0.476 e. The van der Waals surface area contributed by atoms with Gasteiger partial charge in [0, 0.05) is 11.1 Å². The lowest BCUT2D eigenvalue weighted by Crippen LogP contribution is -2.48. The Labute approximate surface area is 214 Å². The number of para-hydroxylation sites is 2. The molecule has 1 heterocycles. The first kappa shape index (κ1) is 24.6. The van der Waals surface area contributed by atoms with E-state index in [1.165, 1.54) is 24.3 Å². The predicted molar refractivity (Wildman–Crippen MR) is 143 cm³/mol. The molecule has 11 heteroatoms. The third-order valence-electron chi connectivity index (χ3n) is 5.89. The number of nitrogens with one attached hydrogen (secondary N) is 2. The maximum atomic E-state index is 13.0. The molecule has 2 N–H and O–H groups in total. The Morgan fingerprint density at radius 1 is 0.865 bits per heavy atom. The van der Waals surface area contributed by atoms with E-state index in [4.69, 9.17) is 4.74 Å². The fraction of sp³-hybridized carbons (Fsp3) is 0.115. The van der Waals surface area contributed by atoms with Crippen LogP contribution in [-0.4, -0.2) is 41.6 Å². The van der Waals surface area contributed by atoms with Crippen molar-refractivity contribution in [3.8, 4) is 5.75 Å². The second-order valence-electron chi connectivity index (χ2n) is 8.51. The van der Waals surface area contributed by atoms with E-state index in [0.29, 0.717) is 17.1 Å². The van der Waals surface area contributed by atoms with Crippen molar-refractivity contribution >= 4 is 53.8 Å². The van der Waals surface area contributed by atoms with Crippen molar-refractivity contribution in [3.05, 3.63) is 91.0 Å². The van der Waals surface area contributed by atoms with Crippen LogP contribution in [0.2, 0.25) is 0 Å². The predicted octanol–water partition coefficient (Wildman–Crippen LogP) is 3.81. The van der Waals surface area contributed by atoms with E-state index >= 15 is 0 Å². The second kappa shape index (κ2) is 9.41. The maximum absolute atomic E-state index is 13.0. The van der Waals surface area contributed by atoms with Crippen LogP contribution in [0.25, 0.3) is 10.8 Å². The second-order valence-corrected chi connectivity index (χ2v) is 12.1. The van der Waals surface area contributed by atoms with Gasteiger partial charge in [-0.25, -0.2) is 16.8 Å². The molecule has 0 radical (unpaired) electrons. The Morgan fingerprint density at radius 3 is 2.30 bits per heavy atom. The van der Waals surface area contributed by atoms with E-state index < -0.39 is 32.1 Å². The van der Waals surface area contributed by atoms with Crippen LogP contribution in [-0.2, 0) is 24.8 Å². The van der Waals surface area contributed by atoms with Crippen LogP contribution in [0.4, 0.5) is 17.1 Å². The normalized spacial score (nSPS) is 15.5. The average molecular weight is 538 g/mol. The SMILES string of the molecule is CS(=O)(=O)N1C[C@@H](C(=O)Nc2ccc(S(=O)(=O)Nc3cccc4ccccc34)cc2)Oc2ccccc21. The number of rotatable bonds is 6. The maximum Gasteiger partial charge on any atom is 0.267 e. The smallest absolute Gasteiger partial charge is 0.267 e. The van der Waals surface area contributed by atoms with Gasteiger partial charge in [-0.15, -0.1) is 0 Å². The number of nitrogens with zero attached hydrogens (tertiary/aromatic N) is 1. The van der Waals surface area contributed by atoms with Crippen molar-refractivity contribution in [1.82, 2.24) is 0 Å². The minimum absolute atomic E-state index is 0.0181. The monoisotopic (exact) mass is 537 g/mol. The molecule has 1 amide bonds. The summed E-state index contributed by atoms with van der Waals surface area (Å²) in [6.45, 7) is -0.191. The van der Waals surface area contributed by atoms with E-state index in [1.807, 2.05) is 30.3 Å². The zero-order valence-electron chi connectivity index (χ0n) is 19.7. The molecule has 4 aromatic carbocycles. The van der Waals surface area contributed by atoms with Crippen molar-refractivity contribution < 1.29 is 26.4 Å². The standard InChI is InChI=1S/C26H23N3O6S2/c1-36(31,32)29-17-25(35-24-12-5-4-11-23(24)29)26(30)27-19-13-15-20(16-14-19)37(33,34)28-22-10-6-8-18-7-2-3-9-21(18)22/h2-16,25,28H,17H2,1H3,(H,27,30)/t25-/m0/s1. The van der Waals surface area contributed by atoms with Crippen LogP contribution in [0.1, 0.15) is 0 Å². The highest BCUT2D eigenvalue weighted by atomic mass is 32.2. The quantitative estimate of drug-likeness (QED) is 0.386. The fourth-order valence-electron chi connectivity index (χ4n) is 4.11. The Balaban J connectivity index is 1.32. The number of sulfonamides is 2. The summed E-state index contributed by atoms with van der Waals surface area (Å²) in [5.74, 6) is -0.284. The van der Waals surface area contributed by atoms with Gasteiger partial charge in [-0.1, -0.05) is 48.5 Å². The summed E-state index contributed by atoms with van der Waals surface area (Å²) in [4.78, 5) is 12.9. The van der Waals surface area contributed by atoms with E-state index in [1.54, 1.807) is 36.4 Å². The van der Waals surface area contributed by atoms with Crippen LogP contribution in [0.3, 0.4) is 0 Å². The summed E-state index contributed by atoms with van der Waals surface area (Å²) in [5.41, 5.74) is 1.16. The molecule has 0 fully saturated rings. The molecule has 0 saturated heterocycles. The van der Waals surface area contributed by atoms with Crippen molar-refractivity contribution in [2.45, 2.75) is 11.0 Å². The summed E-state index contributed by atoms with van der Waals surface area (Å²) < 4.78 is 60.1. The number of benzene rings is 4. The van der Waals surface area contributed by atoms with Gasteiger partial charge in [-0.05, 0) is 47.9 Å². The first-order valence-electron chi connectivity index (χ1n) is 11.3. The summed E-state index contributed by atoms with van der Waals surface area (Å²) in [5, 5.41) is 4.34. The van der Waals surface area contributed by atoms with Gasteiger partial charge in [-0.3, -0.25) is 13.8 Å². The first-order valence-corrected chi connectivity index (χ1v) is 14.6. The lowest BCUT2D eigenvalue weighted by molar-refractivity contribution is -0.122. The van der Waals surface area contributed by atoms with Gasteiger partial charge in [0.25, 0.3) is 15.9 Å². The topological polar surface area (TPSA) is 122 Å². The van der Waals surface area contributed by atoms with Crippen LogP contribution >= 0.6 is 0 Å². The van der Waals surface area contributed by atoms with Crippen molar-refractivity contribution in [3.63, 3.8) is 0 Å². The number of anilines is 3. The van der Waals surface area contributed by atoms with Gasteiger partial charge < -0.3 is 10.1 Å². The third kappa shape index (κ3) is 5.09. The molecular formula is C26H23N3O6S2. The van der Waals surface area contributed by atoms with Crippen LogP contribution in [0.15, 0.2) is 95.9 Å². The van der Waals surface area contributed by atoms with Gasteiger partial charge >= 0.3 is 0 Å². The number of amides is 1. The van der Waals surface area contributed by atoms with E-state index in [0.717, 1.165) is 21.3 Å².